The van der Waals surface area contributed by atoms with E-state index in [0.29, 0.717) is 17.4 Å². The number of hydrogen-bond acceptors (Lipinski definition) is 3. The van der Waals surface area contributed by atoms with Crippen molar-refractivity contribution in [2.24, 2.45) is 0 Å². The molecular formula is C19H21F3N2O2. The number of hydrogen-bond donors (Lipinski definition) is 1. The number of alkyl halides is 3. The maximum Gasteiger partial charge on any atom is 0.410 e. The summed E-state index contributed by atoms with van der Waals surface area (Å²) in [6, 6.07) is 8.30. The number of carbonyl (C=O) groups is 1. The molecule has 0 aromatic heterocycles. The van der Waals surface area contributed by atoms with Crippen molar-refractivity contribution in [1.29, 1.82) is 0 Å². The zero-order chi connectivity index (χ0) is 18.7. The van der Waals surface area contributed by atoms with Gasteiger partial charge in [-0.25, -0.2) is 5.01 Å². The Morgan fingerprint density at radius 2 is 2.00 bits per heavy atom. The van der Waals surface area contributed by atoms with Gasteiger partial charge >= 0.3 is 6.18 Å². The molecule has 1 fully saturated rings. The molecule has 0 spiro atoms. The summed E-state index contributed by atoms with van der Waals surface area (Å²) in [4.78, 5) is 11.5. The molecule has 7 heteroatoms. The summed E-state index contributed by atoms with van der Waals surface area (Å²) in [5.41, 5.74) is 2.39. The second-order valence-electron chi connectivity index (χ2n) is 6.32. The molecule has 4 nitrogen and oxygen atoms in total. The van der Waals surface area contributed by atoms with Gasteiger partial charge in [0, 0.05) is 18.5 Å². The van der Waals surface area contributed by atoms with Gasteiger partial charge in [-0.1, -0.05) is 43.7 Å². The summed E-state index contributed by atoms with van der Waals surface area (Å²) in [6.45, 7) is 2.34. The van der Waals surface area contributed by atoms with Crippen molar-refractivity contribution in [1.82, 2.24) is 10.4 Å². The normalized spacial score (nSPS) is 16.7. The van der Waals surface area contributed by atoms with Gasteiger partial charge in [-0.15, -0.1) is 0 Å². The van der Waals surface area contributed by atoms with Crippen LogP contribution in [0.3, 0.4) is 0 Å². The van der Waals surface area contributed by atoms with Gasteiger partial charge in [-0.05, 0) is 23.3 Å². The minimum absolute atomic E-state index is 0.000626. The number of halogens is 3. The number of nitrogens with one attached hydrogen (secondary N) is 1. The third-order valence-corrected chi connectivity index (χ3v) is 4.43. The highest BCUT2D eigenvalue weighted by molar-refractivity contribution is 5.88. The Labute approximate surface area is 149 Å². The van der Waals surface area contributed by atoms with Crippen LogP contribution in [-0.2, 0) is 4.79 Å². The van der Waals surface area contributed by atoms with Crippen LogP contribution < -0.4 is 10.2 Å². The molecule has 1 aliphatic heterocycles. The summed E-state index contributed by atoms with van der Waals surface area (Å²) >= 11 is 0. The smallest absolute Gasteiger partial charge is 0.410 e. The molecule has 1 atom stereocenters. The van der Waals surface area contributed by atoms with E-state index >= 15 is 0 Å². The predicted octanol–water partition coefficient (Wildman–Crippen LogP) is 4.36. The molecule has 1 saturated heterocycles. The number of rotatable bonds is 6. The topological polar surface area (TPSA) is 41.6 Å². The number of hydrazine groups is 1. The first-order valence-electron chi connectivity index (χ1n) is 8.69. The predicted molar refractivity (Wildman–Crippen MR) is 92.6 cm³/mol. The van der Waals surface area contributed by atoms with Crippen LogP contribution in [0.15, 0.2) is 36.4 Å². The first-order chi connectivity index (χ1) is 12.4. The van der Waals surface area contributed by atoms with Gasteiger partial charge in [-0.3, -0.25) is 10.2 Å². The van der Waals surface area contributed by atoms with Gasteiger partial charge in [0.05, 0.1) is 6.61 Å². The fourth-order valence-electron chi connectivity index (χ4n) is 3.19. The number of benzene rings is 2. The van der Waals surface area contributed by atoms with Crippen LogP contribution in [-0.4, -0.2) is 30.2 Å². The second-order valence-corrected chi connectivity index (χ2v) is 6.32. The Morgan fingerprint density at radius 3 is 2.65 bits per heavy atom. The summed E-state index contributed by atoms with van der Waals surface area (Å²) in [5.74, 6) is -0.200. The number of amides is 1. The Bertz CT molecular complexity index is 792. The standard InChI is InChI=1S/C19H21F3N2O2/c1-2-3-12-26-15-9-8-13-6-4-5-7-14(13)17(15)18(19(20,21)22)24-11-10-16(25)23-24/h4-9,18H,2-3,10-12H2,1H3,(H,23,25). The molecule has 26 heavy (non-hydrogen) atoms. The highest BCUT2D eigenvalue weighted by Gasteiger charge is 2.48. The molecule has 1 N–H and O–H groups in total. The molecule has 2 aromatic carbocycles. The van der Waals surface area contributed by atoms with E-state index in [2.05, 4.69) is 5.43 Å². The Hall–Kier alpha value is -2.28. The highest BCUT2D eigenvalue weighted by Crippen LogP contribution is 2.45. The molecule has 0 saturated carbocycles. The van der Waals surface area contributed by atoms with Gasteiger partial charge in [0.25, 0.3) is 0 Å². The Kier molecular flexibility index (Phi) is 5.36. The fraction of sp³-hybridized carbons (Fsp3) is 0.421. The highest BCUT2D eigenvalue weighted by atomic mass is 19.4. The van der Waals surface area contributed by atoms with E-state index in [4.69, 9.17) is 4.74 Å². The van der Waals surface area contributed by atoms with Crippen LogP contribution in [0.25, 0.3) is 10.8 Å². The lowest BCUT2D eigenvalue weighted by molar-refractivity contribution is -0.191. The quantitative estimate of drug-likeness (QED) is 0.773. The molecule has 0 radical (unpaired) electrons. The van der Waals surface area contributed by atoms with Crippen molar-refractivity contribution in [3.63, 3.8) is 0 Å². The van der Waals surface area contributed by atoms with Gasteiger partial charge in [0.15, 0.2) is 6.04 Å². The SMILES string of the molecule is CCCCOc1ccc2ccccc2c1C(N1CCC(=O)N1)C(F)(F)F. The summed E-state index contributed by atoms with van der Waals surface area (Å²) in [6.07, 6.45) is -2.88. The van der Waals surface area contributed by atoms with E-state index in [9.17, 15) is 18.0 Å². The molecule has 3 rings (SSSR count). The average Bonchev–Trinajstić information content (AvgIpc) is 3.01. The van der Waals surface area contributed by atoms with Crippen LogP contribution in [0, 0.1) is 0 Å². The van der Waals surface area contributed by atoms with Gasteiger partial charge < -0.3 is 4.74 Å². The van der Waals surface area contributed by atoms with Crippen molar-refractivity contribution in [3.05, 3.63) is 42.0 Å². The van der Waals surface area contributed by atoms with Crippen LogP contribution in [0.1, 0.15) is 37.8 Å². The maximum atomic E-state index is 14.0. The number of unbranched alkanes of at least 4 members (excludes halogenated alkanes) is 1. The molecule has 1 heterocycles. The third-order valence-electron chi connectivity index (χ3n) is 4.43. The van der Waals surface area contributed by atoms with Crippen molar-refractivity contribution in [2.75, 3.05) is 13.2 Å². The number of carbonyl (C=O) groups excluding carboxylic acids is 1. The van der Waals surface area contributed by atoms with Crippen molar-refractivity contribution in [3.8, 4) is 5.75 Å². The monoisotopic (exact) mass is 366 g/mol. The Morgan fingerprint density at radius 1 is 1.23 bits per heavy atom. The van der Waals surface area contributed by atoms with Gasteiger partial charge in [-0.2, -0.15) is 13.2 Å². The van der Waals surface area contributed by atoms with Crippen LogP contribution >= 0.6 is 0 Å². The van der Waals surface area contributed by atoms with E-state index in [1.54, 1.807) is 36.4 Å². The summed E-state index contributed by atoms with van der Waals surface area (Å²) < 4.78 is 47.8. The molecule has 0 aliphatic carbocycles. The molecule has 1 amide bonds. The van der Waals surface area contributed by atoms with E-state index in [-0.39, 0.29) is 24.3 Å². The van der Waals surface area contributed by atoms with Crippen molar-refractivity contribution in [2.45, 2.75) is 38.4 Å². The lowest BCUT2D eigenvalue weighted by Crippen LogP contribution is -2.43. The second kappa shape index (κ2) is 7.53. The number of ether oxygens (including phenoxy) is 1. The van der Waals surface area contributed by atoms with Crippen molar-refractivity contribution >= 4 is 16.7 Å². The average molecular weight is 366 g/mol. The lowest BCUT2D eigenvalue weighted by atomic mass is 9.96. The van der Waals surface area contributed by atoms with Gasteiger partial charge in [0.1, 0.15) is 5.75 Å². The molecular weight excluding hydrogens is 345 g/mol. The van der Waals surface area contributed by atoms with Crippen molar-refractivity contribution < 1.29 is 22.7 Å². The zero-order valence-corrected chi connectivity index (χ0v) is 14.5. The largest absolute Gasteiger partial charge is 0.493 e. The molecule has 1 unspecified atom stereocenters. The van der Waals surface area contributed by atoms with E-state index in [0.717, 1.165) is 17.9 Å². The van der Waals surface area contributed by atoms with Crippen LogP contribution in [0.5, 0.6) is 5.75 Å². The third kappa shape index (κ3) is 3.77. The molecule has 0 bridgehead atoms. The summed E-state index contributed by atoms with van der Waals surface area (Å²) in [5, 5.41) is 2.15. The lowest BCUT2D eigenvalue weighted by Gasteiger charge is -2.31. The summed E-state index contributed by atoms with van der Waals surface area (Å²) in [7, 11) is 0. The van der Waals surface area contributed by atoms with Crippen LogP contribution in [0.2, 0.25) is 0 Å². The minimum atomic E-state index is -4.56. The van der Waals surface area contributed by atoms with E-state index < -0.39 is 18.1 Å². The van der Waals surface area contributed by atoms with Gasteiger partial charge in [0.2, 0.25) is 5.91 Å². The molecule has 2 aromatic rings. The first-order valence-corrected chi connectivity index (χ1v) is 8.69. The first kappa shape index (κ1) is 18.5. The maximum absolute atomic E-state index is 14.0. The fourth-order valence-corrected chi connectivity index (χ4v) is 3.19. The Balaban J connectivity index is 2.13. The van der Waals surface area contributed by atoms with E-state index in [1.807, 2.05) is 6.92 Å². The van der Waals surface area contributed by atoms with E-state index in [1.165, 1.54) is 0 Å². The minimum Gasteiger partial charge on any atom is -0.493 e. The zero-order valence-electron chi connectivity index (χ0n) is 14.5. The molecule has 1 aliphatic rings. The number of fused-ring (bicyclic) bond motifs is 1. The van der Waals surface area contributed by atoms with Crippen LogP contribution in [0.4, 0.5) is 13.2 Å². The number of nitrogens with zero attached hydrogens (tertiary/aromatic N) is 1. The molecule has 140 valence electrons.